The third-order valence-electron chi connectivity index (χ3n) is 4.59. The monoisotopic (exact) mass is 379 g/mol. The summed E-state index contributed by atoms with van der Waals surface area (Å²) >= 11 is 0. The van der Waals surface area contributed by atoms with Crippen LogP contribution < -0.4 is 15.0 Å². The first kappa shape index (κ1) is 17.8. The highest BCUT2D eigenvalue weighted by Gasteiger charge is 2.24. The van der Waals surface area contributed by atoms with E-state index in [9.17, 15) is 4.79 Å². The van der Waals surface area contributed by atoms with Crippen molar-refractivity contribution in [1.29, 1.82) is 0 Å². The Morgan fingerprint density at radius 1 is 1.14 bits per heavy atom. The van der Waals surface area contributed by atoms with Crippen LogP contribution in [0.1, 0.15) is 10.6 Å². The Hall–Kier alpha value is -3.55. The number of benzene rings is 1. The Labute approximate surface area is 162 Å². The predicted molar refractivity (Wildman–Crippen MR) is 105 cm³/mol. The van der Waals surface area contributed by atoms with Crippen LogP contribution in [0.5, 0.6) is 5.75 Å². The van der Waals surface area contributed by atoms with Gasteiger partial charge in [-0.15, -0.1) is 0 Å². The van der Waals surface area contributed by atoms with E-state index in [-0.39, 0.29) is 5.91 Å². The van der Waals surface area contributed by atoms with E-state index < -0.39 is 0 Å². The number of hydrogen-bond acceptors (Lipinski definition) is 7. The second kappa shape index (κ2) is 7.99. The van der Waals surface area contributed by atoms with Crippen molar-refractivity contribution in [2.45, 2.75) is 0 Å². The number of carbonyl (C=O) groups is 1. The molecule has 3 aromatic rings. The Balaban J connectivity index is 1.40. The molecule has 0 bridgehead atoms. The summed E-state index contributed by atoms with van der Waals surface area (Å²) in [5, 5.41) is 3.20. The maximum absolute atomic E-state index is 12.4. The average molecular weight is 379 g/mol. The molecule has 1 amide bonds. The van der Waals surface area contributed by atoms with E-state index in [2.05, 4.69) is 20.2 Å². The molecular formula is C20H21N5O3. The molecule has 28 heavy (non-hydrogen) atoms. The lowest BCUT2D eigenvalue weighted by molar-refractivity contribution is 0.0714. The van der Waals surface area contributed by atoms with E-state index in [1.165, 1.54) is 6.26 Å². The van der Waals surface area contributed by atoms with Crippen molar-refractivity contribution in [3.63, 3.8) is 0 Å². The predicted octanol–water partition coefficient (Wildman–Crippen LogP) is 2.78. The van der Waals surface area contributed by atoms with Gasteiger partial charge in [-0.05, 0) is 30.3 Å². The van der Waals surface area contributed by atoms with Crippen LogP contribution in [0.3, 0.4) is 0 Å². The summed E-state index contributed by atoms with van der Waals surface area (Å²) in [4.78, 5) is 25.2. The molecule has 3 heterocycles. The summed E-state index contributed by atoms with van der Waals surface area (Å²) in [5.41, 5.74) is 0.852. The zero-order chi connectivity index (χ0) is 19.3. The molecule has 4 rings (SSSR count). The Kier molecular flexibility index (Phi) is 5.09. The number of rotatable bonds is 5. The standard InChI is InChI=1S/C20H21N5O3/c1-27-16-5-2-4-15(14-16)22-20-21-8-7-18(23-20)24-9-11-25(12-10-24)19(26)17-6-3-13-28-17/h2-8,13-14H,9-12H2,1H3,(H,21,22,23). The van der Waals surface area contributed by atoms with Gasteiger partial charge in [0.2, 0.25) is 5.95 Å². The number of nitrogens with one attached hydrogen (secondary N) is 1. The Morgan fingerprint density at radius 2 is 2.00 bits per heavy atom. The van der Waals surface area contributed by atoms with Gasteiger partial charge in [-0.2, -0.15) is 4.98 Å². The molecule has 8 nitrogen and oxygen atoms in total. The molecule has 0 radical (unpaired) electrons. The molecule has 1 aliphatic heterocycles. The molecule has 144 valence electrons. The van der Waals surface area contributed by atoms with Crippen LogP contribution in [0, 0.1) is 0 Å². The largest absolute Gasteiger partial charge is 0.497 e. The molecule has 1 aromatic carbocycles. The number of hydrogen-bond donors (Lipinski definition) is 1. The number of carbonyl (C=O) groups excluding carboxylic acids is 1. The van der Waals surface area contributed by atoms with Gasteiger partial charge in [-0.1, -0.05) is 6.07 Å². The third kappa shape index (κ3) is 3.90. The summed E-state index contributed by atoms with van der Waals surface area (Å²) in [6.07, 6.45) is 3.24. The Morgan fingerprint density at radius 3 is 2.75 bits per heavy atom. The molecule has 2 aromatic heterocycles. The minimum Gasteiger partial charge on any atom is -0.497 e. The number of amides is 1. The number of anilines is 3. The molecule has 0 saturated carbocycles. The molecule has 1 N–H and O–H groups in total. The fourth-order valence-corrected chi connectivity index (χ4v) is 3.11. The number of furan rings is 1. The molecule has 8 heteroatoms. The van der Waals surface area contributed by atoms with E-state index in [1.54, 1.807) is 30.3 Å². The maximum Gasteiger partial charge on any atom is 0.289 e. The lowest BCUT2D eigenvalue weighted by Crippen LogP contribution is -2.49. The van der Waals surface area contributed by atoms with Crippen LogP contribution in [-0.2, 0) is 0 Å². The average Bonchev–Trinajstić information content (AvgIpc) is 3.29. The normalized spacial score (nSPS) is 14.0. The lowest BCUT2D eigenvalue weighted by Gasteiger charge is -2.35. The zero-order valence-electron chi connectivity index (χ0n) is 15.5. The minimum atomic E-state index is -0.0762. The first-order chi connectivity index (χ1) is 13.7. The fraction of sp³-hybridized carbons (Fsp3) is 0.250. The molecule has 1 fully saturated rings. The summed E-state index contributed by atoms with van der Waals surface area (Å²) < 4.78 is 10.4. The van der Waals surface area contributed by atoms with E-state index in [1.807, 2.05) is 30.3 Å². The van der Waals surface area contributed by atoms with Crippen LogP contribution in [0.25, 0.3) is 0 Å². The number of methoxy groups -OCH3 is 1. The molecule has 1 aliphatic rings. The van der Waals surface area contributed by atoms with Crippen LogP contribution >= 0.6 is 0 Å². The summed E-state index contributed by atoms with van der Waals surface area (Å²) in [6.45, 7) is 2.62. The van der Waals surface area contributed by atoms with E-state index in [0.29, 0.717) is 37.9 Å². The molecule has 0 unspecified atom stereocenters. The number of ether oxygens (including phenoxy) is 1. The fourth-order valence-electron chi connectivity index (χ4n) is 3.11. The maximum atomic E-state index is 12.4. The second-order valence-electron chi connectivity index (χ2n) is 6.35. The summed E-state index contributed by atoms with van der Waals surface area (Å²) in [7, 11) is 1.63. The molecule has 1 saturated heterocycles. The SMILES string of the molecule is COc1cccc(Nc2nccc(N3CCN(C(=O)c4ccco4)CC3)n2)c1. The second-order valence-corrected chi connectivity index (χ2v) is 6.35. The highest BCUT2D eigenvalue weighted by Crippen LogP contribution is 2.21. The van der Waals surface area contributed by atoms with E-state index in [0.717, 1.165) is 17.3 Å². The van der Waals surface area contributed by atoms with Gasteiger partial charge >= 0.3 is 0 Å². The van der Waals surface area contributed by atoms with Gasteiger partial charge in [0.1, 0.15) is 11.6 Å². The van der Waals surface area contributed by atoms with Crippen LogP contribution in [-0.4, -0.2) is 54.1 Å². The van der Waals surface area contributed by atoms with Crippen molar-refractivity contribution in [2.75, 3.05) is 43.5 Å². The first-order valence-corrected chi connectivity index (χ1v) is 9.05. The topological polar surface area (TPSA) is 83.7 Å². The number of aromatic nitrogens is 2. The highest BCUT2D eigenvalue weighted by atomic mass is 16.5. The van der Waals surface area contributed by atoms with E-state index >= 15 is 0 Å². The smallest absolute Gasteiger partial charge is 0.289 e. The van der Waals surface area contributed by atoms with Gasteiger partial charge in [-0.25, -0.2) is 4.98 Å². The zero-order valence-corrected chi connectivity index (χ0v) is 15.5. The van der Waals surface area contributed by atoms with Crippen molar-refractivity contribution in [1.82, 2.24) is 14.9 Å². The van der Waals surface area contributed by atoms with Crippen LogP contribution in [0.2, 0.25) is 0 Å². The molecule has 0 spiro atoms. The number of nitrogens with zero attached hydrogens (tertiary/aromatic N) is 4. The van der Waals surface area contributed by atoms with Gasteiger partial charge in [0, 0.05) is 44.1 Å². The quantitative estimate of drug-likeness (QED) is 0.730. The third-order valence-corrected chi connectivity index (χ3v) is 4.59. The molecule has 0 aliphatic carbocycles. The van der Waals surface area contributed by atoms with Crippen molar-refractivity contribution in [2.24, 2.45) is 0 Å². The summed E-state index contributed by atoms with van der Waals surface area (Å²) in [6, 6.07) is 12.9. The summed E-state index contributed by atoms with van der Waals surface area (Å²) in [5.74, 6) is 2.40. The van der Waals surface area contributed by atoms with Crippen LogP contribution in [0.15, 0.2) is 59.3 Å². The van der Waals surface area contributed by atoms with E-state index in [4.69, 9.17) is 9.15 Å². The first-order valence-electron chi connectivity index (χ1n) is 9.05. The van der Waals surface area contributed by atoms with Crippen molar-refractivity contribution in [3.05, 3.63) is 60.7 Å². The van der Waals surface area contributed by atoms with Crippen molar-refractivity contribution >= 4 is 23.4 Å². The van der Waals surface area contributed by atoms with Gasteiger partial charge in [0.25, 0.3) is 5.91 Å². The van der Waals surface area contributed by atoms with Crippen molar-refractivity contribution in [3.8, 4) is 5.75 Å². The minimum absolute atomic E-state index is 0.0762. The highest BCUT2D eigenvalue weighted by molar-refractivity contribution is 5.91. The van der Waals surface area contributed by atoms with Gasteiger partial charge in [0.15, 0.2) is 5.76 Å². The molecule has 0 atom stereocenters. The van der Waals surface area contributed by atoms with Crippen molar-refractivity contribution < 1.29 is 13.9 Å². The van der Waals surface area contributed by atoms with Gasteiger partial charge < -0.3 is 24.3 Å². The van der Waals surface area contributed by atoms with Gasteiger partial charge in [0.05, 0.1) is 13.4 Å². The van der Waals surface area contributed by atoms with Crippen LogP contribution in [0.4, 0.5) is 17.5 Å². The number of piperazine rings is 1. The van der Waals surface area contributed by atoms with Gasteiger partial charge in [-0.3, -0.25) is 4.79 Å². The lowest BCUT2D eigenvalue weighted by atomic mass is 10.3. The Bertz CT molecular complexity index is 937. The molecular weight excluding hydrogens is 358 g/mol.